The summed E-state index contributed by atoms with van der Waals surface area (Å²) in [7, 11) is 1.62. The molecule has 1 atom stereocenters. The maximum Gasteiger partial charge on any atom is 0.267 e. The number of benzene rings is 2. The van der Waals surface area contributed by atoms with Gasteiger partial charge in [-0.25, -0.2) is 4.98 Å². The molecule has 176 valence electrons. The van der Waals surface area contributed by atoms with Crippen LogP contribution in [0.1, 0.15) is 30.6 Å². The molecule has 9 heteroatoms. The average Bonchev–Trinajstić information content (AvgIpc) is 3.61. The number of amides is 2. The highest BCUT2D eigenvalue weighted by atomic mass is 32.2. The molecule has 0 spiro atoms. The molecule has 0 aliphatic carbocycles. The third-order valence-corrected chi connectivity index (χ3v) is 8.13. The second-order valence-corrected chi connectivity index (χ2v) is 10.5. The first-order valence-electron chi connectivity index (χ1n) is 11.1. The van der Waals surface area contributed by atoms with Gasteiger partial charge in [-0.2, -0.15) is 0 Å². The van der Waals surface area contributed by atoms with Crippen molar-refractivity contribution in [1.82, 2.24) is 15.2 Å². The Morgan fingerprint density at radius 3 is 2.97 bits per heavy atom. The monoisotopic (exact) mass is 495 g/mol. The van der Waals surface area contributed by atoms with Crippen molar-refractivity contribution in [2.75, 3.05) is 32.6 Å². The predicted molar refractivity (Wildman–Crippen MR) is 134 cm³/mol. The molecule has 7 nitrogen and oxygen atoms in total. The standard InChI is InChI=1S/C25H25N3O4S2/c1-15-27-22(16-5-3-6-17(13-16)31-2)23(34-15)25(30)28-10-12-33-21(28)14-26-24(29)19-7-4-8-20-18(19)9-11-32-20/h3-8,13,21H,9-12,14H2,1-2H3,(H,26,29). The van der Waals surface area contributed by atoms with Crippen LogP contribution in [0.25, 0.3) is 11.3 Å². The van der Waals surface area contributed by atoms with E-state index in [0.29, 0.717) is 35.8 Å². The molecule has 0 bridgehead atoms. The SMILES string of the molecule is COc1cccc(-c2nc(C)sc2C(=O)N2CCSC2CNC(=O)c2cccc3c2CCO3)c1. The van der Waals surface area contributed by atoms with E-state index in [0.717, 1.165) is 39.8 Å². The lowest BCUT2D eigenvalue weighted by molar-refractivity contribution is 0.0756. The number of hydrogen-bond donors (Lipinski definition) is 1. The lowest BCUT2D eigenvalue weighted by Gasteiger charge is -2.24. The molecular weight excluding hydrogens is 470 g/mol. The fourth-order valence-corrected chi connectivity index (χ4v) is 6.35. The Morgan fingerprint density at radius 2 is 2.12 bits per heavy atom. The molecule has 1 fully saturated rings. The normalized spacial score (nSPS) is 16.8. The molecule has 1 unspecified atom stereocenters. The van der Waals surface area contributed by atoms with Gasteiger partial charge in [0.15, 0.2) is 0 Å². The van der Waals surface area contributed by atoms with Gasteiger partial charge in [0.05, 0.1) is 29.8 Å². The number of carbonyl (C=O) groups excluding carboxylic acids is 2. The van der Waals surface area contributed by atoms with E-state index < -0.39 is 0 Å². The summed E-state index contributed by atoms with van der Waals surface area (Å²) in [5, 5.41) is 3.73. The molecule has 2 aliphatic heterocycles. The number of aromatic nitrogens is 1. The van der Waals surface area contributed by atoms with Crippen molar-refractivity contribution in [1.29, 1.82) is 0 Å². The molecule has 2 aromatic carbocycles. The number of nitrogens with zero attached hydrogens (tertiary/aromatic N) is 2. The minimum Gasteiger partial charge on any atom is -0.497 e. The predicted octanol–water partition coefficient (Wildman–Crippen LogP) is 4.01. The lowest BCUT2D eigenvalue weighted by Crippen LogP contribution is -2.42. The Kier molecular flexibility index (Phi) is 6.47. The van der Waals surface area contributed by atoms with E-state index in [4.69, 9.17) is 9.47 Å². The molecule has 1 N–H and O–H groups in total. The van der Waals surface area contributed by atoms with E-state index in [1.54, 1.807) is 18.9 Å². The van der Waals surface area contributed by atoms with Crippen LogP contribution in [0.4, 0.5) is 0 Å². The van der Waals surface area contributed by atoms with E-state index in [1.807, 2.05) is 54.3 Å². The second kappa shape index (κ2) is 9.68. The third-order valence-electron chi connectivity index (χ3n) is 5.95. The number of aryl methyl sites for hydroxylation is 1. The van der Waals surface area contributed by atoms with Crippen LogP contribution in [-0.4, -0.2) is 59.6 Å². The maximum absolute atomic E-state index is 13.6. The average molecular weight is 496 g/mol. The van der Waals surface area contributed by atoms with Crippen LogP contribution in [0.15, 0.2) is 42.5 Å². The van der Waals surface area contributed by atoms with Crippen molar-refractivity contribution in [3.8, 4) is 22.8 Å². The van der Waals surface area contributed by atoms with Gasteiger partial charge in [-0.15, -0.1) is 23.1 Å². The highest BCUT2D eigenvalue weighted by Crippen LogP contribution is 2.34. The minimum absolute atomic E-state index is 0.0540. The fourth-order valence-electron chi connectivity index (χ4n) is 4.30. The lowest BCUT2D eigenvalue weighted by atomic mass is 10.0. The zero-order chi connectivity index (χ0) is 23.7. The Labute approximate surface area is 206 Å². The molecule has 0 saturated carbocycles. The summed E-state index contributed by atoms with van der Waals surface area (Å²) in [4.78, 5) is 33.6. The van der Waals surface area contributed by atoms with Crippen LogP contribution in [0.2, 0.25) is 0 Å². The van der Waals surface area contributed by atoms with Gasteiger partial charge in [0.25, 0.3) is 11.8 Å². The van der Waals surface area contributed by atoms with Gasteiger partial charge in [-0.3, -0.25) is 9.59 Å². The topological polar surface area (TPSA) is 80.8 Å². The summed E-state index contributed by atoms with van der Waals surface area (Å²) < 4.78 is 10.9. The number of nitrogens with one attached hydrogen (secondary N) is 1. The van der Waals surface area contributed by atoms with Gasteiger partial charge in [0, 0.05) is 42.0 Å². The summed E-state index contributed by atoms with van der Waals surface area (Å²) in [6.07, 6.45) is 0.736. The van der Waals surface area contributed by atoms with Crippen molar-refractivity contribution < 1.29 is 19.1 Å². The van der Waals surface area contributed by atoms with E-state index >= 15 is 0 Å². The van der Waals surface area contributed by atoms with Crippen molar-refractivity contribution in [3.63, 3.8) is 0 Å². The van der Waals surface area contributed by atoms with Crippen LogP contribution in [-0.2, 0) is 6.42 Å². The minimum atomic E-state index is -0.134. The summed E-state index contributed by atoms with van der Waals surface area (Å²) in [5.41, 5.74) is 3.12. The Hall–Kier alpha value is -3.04. The first kappa shape index (κ1) is 22.7. The van der Waals surface area contributed by atoms with Crippen LogP contribution in [0, 0.1) is 6.92 Å². The summed E-state index contributed by atoms with van der Waals surface area (Å²) in [6, 6.07) is 13.2. The van der Waals surface area contributed by atoms with E-state index in [9.17, 15) is 9.59 Å². The quantitative estimate of drug-likeness (QED) is 0.557. The Bertz CT molecular complexity index is 1240. The number of hydrogen-bond acceptors (Lipinski definition) is 7. The van der Waals surface area contributed by atoms with Crippen LogP contribution >= 0.6 is 23.1 Å². The molecule has 5 rings (SSSR count). The molecule has 1 saturated heterocycles. The van der Waals surface area contributed by atoms with E-state index in [1.165, 1.54) is 11.3 Å². The van der Waals surface area contributed by atoms with E-state index in [-0.39, 0.29) is 17.2 Å². The maximum atomic E-state index is 13.6. The molecule has 2 aliphatic rings. The summed E-state index contributed by atoms with van der Waals surface area (Å²) in [5.74, 6) is 2.14. The third kappa shape index (κ3) is 4.37. The van der Waals surface area contributed by atoms with Crippen molar-refractivity contribution in [3.05, 3.63) is 63.5 Å². The number of ether oxygens (including phenoxy) is 2. The van der Waals surface area contributed by atoms with Crippen molar-refractivity contribution in [2.24, 2.45) is 0 Å². The van der Waals surface area contributed by atoms with Gasteiger partial charge >= 0.3 is 0 Å². The van der Waals surface area contributed by atoms with Gasteiger partial charge in [0.1, 0.15) is 16.4 Å². The van der Waals surface area contributed by atoms with Gasteiger partial charge in [0.2, 0.25) is 0 Å². The Morgan fingerprint density at radius 1 is 1.26 bits per heavy atom. The zero-order valence-electron chi connectivity index (χ0n) is 19.0. The summed E-state index contributed by atoms with van der Waals surface area (Å²) >= 11 is 3.08. The van der Waals surface area contributed by atoms with Crippen molar-refractivity contribution in [2.45, 2.75) is 18.7 Å². The second-order valence-electron chi connectivity index (χ2n) is 8.06. The highest BCUT2D eigenvalue weighted by molar-refractivity contribution is 8.00. The largest absolute Gasteiger partial charge is 0.497 e. The molecular formula is C25H25N3O4S2. The smallest absolute Gasteiger partial charge is 0.267 e. The van der Waals surface area contributed by atoms with Crippen LogP contribution in [0.3, 0.4) is 0 Å². The summed E-state index contributed by atoms with van der Waals surface area (Å²) in [6.45, 7) is 3.52. The van der Waals surface area contributed by atoms with Gasteiger partial charge in [-0.1, -0.05) is 18.2 Å². The number of thiazole rings is 1. The Balaban J connectivity index is 1.32. The van der Waals surface area contributed by atoms with E-state index in [2.05, 4.69) is 10.3 Å². The van der Waals surface area contributed by atoms with Crippen molar-refractivity contribution >= 4 is 34.9 Å². The first-order valence-corrected chi connectivity index (χ1v) is 13.0. The first-order chi connectivity index (χ1) is 16.5. The molecule has 1 aromatic heterocycles. The van der Waals surface area contributed by atoms with Gasteiger partial charge in [-0.05, 0) is 31.2 Å². The number of methoxy groups -OCH3 is 1. The molecule has 3 heterocycles. The number of thioether (sulfide) groups is 1. The zero-order valence-corrected chi connectivity index (χ0v) is 20.6. The fraction of sp³-hybridized carbons (Fsp3) is 0.320. The number of carbonyl (C=O) groups is 2. The molecule has 34 heavy (non-hydrogen) atoms. The van der Waals surface area contributed by atoms with Crippen LogP contribution < -0.4 is 14.8 Å². The molecule has 2 amide bonds. The van der Waals surface area contributed by atoms with Crippen LogP contribution in [0.5, 0.6) is 11.5 Å². The molecule has 0 radical (unpaired) electrons. The highest BCUT2D eigenvalue weighted by Gasteiger charge is 2.33. The molecule has 3 aromatic rings. The number of rotatable bonds is 6. The number of fused-ring (bicyclic) bond motifs is 1. The van der Waals surface area contributed by atoms with Gasteiger partial charge < -0.3 is 19.7 Å².